The van der Waals surface area contributed by atoms with Crippen LogP contribution in [0.1, 0.15) is 24.2 Å². The van der Waals surface area contributed by atoms with E-state index in [1.807, 2.05) is 0 Å². The number of hydrogen-bond donors (Lipinski definition) is 1. The molecule has 0 bridgehead atoms. The van der Waals surface area contributed by atoms with E-state index in [-0.39, 0.29) is 23.5 Å². The summed E-state index contributed by atoms with van der Waals surface area (Å²) in [4.78, 5) is 12.5. The number of anilines is 1. The van der Waals surface area contributed by atoms with Crippen LogP contribution in [0.15, 0.2) is 41.3 Å². The quantitative estimate of drug-likeness (QED) is 0.723. The van der Waals surface area contributed by atoms with Crippen LogP contribution in [0.5, 0.6) is 11.5 Å². The number of benzene rings is 2. The van der Waals surface area contributed by atoms with Gasteiger partial charge in [0.15, 0.2) is 0 Å². The first kappa shape index (κ1) is 21.6. The zero-order valence-corrected chi connectivity index (χ0v) is 17.0. The molecule has 28 heavy (non-hydrogen) atoms. The molecule has 0 aromatic heterocycles. The van der Waals surface area contributed by atoms with Crippen molar-refractivity contribution in [2.24, 2.45) is 0 Å². The molecule has 2 aromatic carbocycles. The Kier molecular flexibility index (Phi) is 6.98. The van der Waals surface area contributed by atoms with Gasteiger partial charge < -0.3 is 14.8 Å². The summed E-state index contributed by atoms with van der Waals surface area (Å²) in [7, 11) is -0.914. The van der Waals surface area contributed by atoms with Gasteiger partial charge in [-0.25, -0.2) is 12.8 Å². The summed E-state index contributed by atoms with van der Waals surface area (Å²) in [6.07, 6.45) is 0. The fourth-order valence-corrected chi connectivity index (χ4v) is 4.13. The van der Waals surface area contributed by atoms with Gasteiger partial charge in [-0.05, 0) is 30.3 Å². The second kappa shape index (κ2) is 9.03. The van der Waals surface area contributed by atoms with E-state index in [9.17, 15) is 17.6 Å². The van der Waals surface area contributed by atoms with E-state index >= 15 is 0 Å². The third-order valence-electron chi connectivity index (χ3n) is 4.18. The maximum absolute atomic E-state index is 14.3. The van der Waals surface area contributed by atoms with Gasteiger partial charge >= 0.3 is 0 Å². The average Bonchev–Trinajstić information content (AvgIpc) is 2.69. The predicted molar refractivity (Wildman–Crippen MR) is 104 cm³/mol. The van der Waals surface area contributed by atoms with Gasteiger partial charge in [0.25, 0.3) is 5.91 Å². The minimum Gasteiger partial charge on any atom is -0.497 e. The van der Waals surface area contributed by atoms with E-state index in [1.165, 1.54) is 18.5 Å². The summed E-state index contributed by atoms with van der Waals surface area (Å²) in [5, 5.41) is 2.54. The molecule has 0 saturated heterocycles. The molecule has 0 aliphatic rings. The Morgan fingerprint density at radius 1 is 1.07 bits per heavy atom. The number of carbonyl (C=O) groups excluding carboxylic acids is 1. The molecule has 1 N–H and O–H groups in total. The molecule has 0 fully saturated rings. The Labute approximate surface area is 164 Å². The highest BCUT2D eigenvalue weighted by atomic mass is 32.2. The monoisotopic (exact) mass is 410 g/mol. The van der Waals surface area contributed by atoms with Gasteiger partial charge in [-0.3, -0.25) is 4.79 Å². The van der Waals surface area contributed by atoms with Crippen LogP contribution in [-0.2, 0) is 10.0 Å². The van der Waals surface area contributed by atoms with E-state index in [2.05, 4.69) is 5.32 Å². The summed E-state index contributed by atoms with van der Waals surface area (Å²) in [6.45, 7) is 3.93. The van der Waals surface area contributed by atoms with Crippen LogP contribution in [0.4, 0.5) is 10.1 Å². The van der Waals surface area contributed by atoms with Gasteiger partial charge in [0, 0.05) is 19.2 Å². The Morgan fingerprint density at radius 3 is 2.32 bits per heavy atom. The van der Waals surface area contributed by atoms with Crippen LogP contribution >= 0.6 is 0 Å². The zero-order valence-electron chi connectivity index (χ0n) is 16.2. The minimum absolute atomic E-state index is 0.149. The maximum Gasteiger partial charge on any atom is 0.258 e. The smallest absolute Gasteiger partial charge is 0.258 e. The third-order valence-corrected chi connectivity index (χ3v) is 6.23. The molecule has 1 amide bonds. The number of carbonyl (C=O) groups is 1. The van der Waals surface area contributed by atoms with E-state index in [0.717, 1.165) is 18.2 Å². The first-order valence-corrected chi connectivity index (χ1v) is 10.1. The largest absolute Gasteiger partial charge is 0.497 e. The van der Waals surface area contributed by atoms with Gasteiger partial charge in [0.05, 0.1) is 30.4 Å². The molecule has 0 aliphatic heterocycles. The molecule has 0 saturated carbocycles. The SMILES string of the molecule is CCN(CC)S(=O)(=O)c1ccc(F)c(C(=O)Nc2ccc(OC)cc2OC)c1. The highest BCUT2D eigenvalue weighted by molar-refractivity contribution is 7.89. The number of ether oxygens (including phenoxy) is 2. The molecule has 0 radical (unpaired) electrons. The van der Waals surface area contributed by atoms with Crippen LogP contribution in [0, 0.1) is 5.82 Å². The highest BCUT2D eigenvalue weighted by Gasteiger charge is 2.24. The molecule has 2 aromatic rings. The van der Waals surface area contributed by atoms with Gasteiger partial charge in [-0.15, -0.1) is 0 Å². The van der Waals surface area contributed by atoms with Crippen LogP contribution in [-0.4, -0.2) is 45.9 Å². The maximum atomic E-state index is 14.3. The van der Waals surface area contributed by atoms with Crippen LogP contribution in [0.25, 0.3) is 0 Å². The Morgan fingerprint density at radius 2 is 1.75 bits per heavy atom. The lowest BCUT2D eigenvalue weighted by Gasteiger charge is -2.19. The Balaban J connectivity index is 2.39. The van der Waals surface area contributed by atoms with Crippen LogP contribution in [0.2, 0.25) is 0 Å². The molecule has 9 heteroatoms. The van der Waals surface area contributed by atoms with Crippen molar-refractivity contribution in [2.45, 2.75) is 18.7 Å². The lowest BCUT2D eigenvalue weighted by molar-refractivity contribution is 0.102. The number of hydrogen-bond acceptors (Lipinski definition) is 5. The van der Waals surface area contributed by atoms with Crippen molar-refractivity contribution < 1.29 is 27.1 Å². The summed E-state index contributed by atoms with van der Waals surface area (Å²) < 4.78 is 51.1. The first-order valence-electron chi connectivity index (χ1n) is 8.61. The second-order valence-electron chi connectivity index (χ2n) is 5.75. The summed E-state index contributed by atoms with van der Waals surface area (Å²) >= 11 is 0. The molecule has 2 rings (SSSR count). The van der Waals surface area contributed by atoms with Crippen LogP contribution in [0.3, 0.4) is 0 Å². The van der Waals surface area contributed by atoms with Crippen molar-refractivity contribution in [1.29, 1.82) is 0 Å². The number of amides is 1. The number of nitrogens with zero attached hydrogens (tertiary/aromatic N) is 1. The lowest BCUT2D eigenvalue weighted by Crippen LogP contribution is -2.31. The molecule has 0 spiro atoms. The summed E-state index contributed by atoms with van der Waals surface area (Å²) in [5.74, 6) is -0.783. The number of sulfonamides is 1. The molecular weight excluding hydrogens is 387 g/mol. The van der Waals surface area contributed by atoms with Crippen LogP contribution < -0.4 is 14.8 Å². The lowest BCUT2D eigenvalue weighted by atomic mass is 10.2. The van der Waals surface area contributed by atoms with Crippen molar-refractivity contribution in [3.8, 4) is 11.5 Å². The number of halogens is 1. The molecular formula is C19H23FN2O5S. The van der Waals surface area contributed by atoms with E-state index in [0.29, 0.717) is 17.2 Å². The molecule has 0 aliphatic carbocycles. The van der Waals surface area contributed by atoms with E-state index in [4.69, 9.17) is 9.47 Å². The Hall–Kier alpha value is -2.65. The summed E-state index contributed by atoms with van der Waals surface area (Å²) in [5.41, 5.74) is -0.0872. The van der Waals surface area contributed by atoms with Crippen molar-refractivity contribution in [1.82, 2.24) is 4.31 Å². The number of nitrogens with one attached hydrogen (secondary N) is 1. The predicted octanol–water partition coefficient (Wildman–Crippen LogP) is 3.13. The van der Waals surface area contributed by atoms with Crippen molar-refractivity contribution in [3.63, 3.8) is 0 Å². The highest BCUT2D eigenvalue weighted by Crippen LogP contribution is 2.30. The molecule has 0 unspecified atom stereocenters. The average molecular weight is 410 g/mol. The number of rotatable bonds is 8. The minimum atomic E-state index is -3.82. The standard InChI is InChI=1S/C19H23FN2O5S/c1-5-22(6-2)28(24,25)14-8-9-16(20)15(12-14)19(23)21-17-10-7-13(26-3)11-18(17)27-4/h7-12H,5-6H2,1-4H3,(H,21,23). The Bertz CT molecular complexity index is 959. The van der Waals surface area contributed by atoms with Crippen molar-refractivity contribution in [3.05, 3.63) is 47.8 Å². The third kappa shape index (κ3) is 4.42. The normalized spacial score (nSPS) is 11.4. The molecule has 152 valence electrons. The second-order valence-corrected chi connectivity index (χ2v) is 7.69. The summed E-state index contributed by atoms with van der Waals surface area (Å²) in [6, 6.07) is 7.87. The van der Waals surface area contributed by atoms with E-state index < -0.39 is 21.7 Å². The van der Waals surface area contributed by atoms with Crippen molar-refractivity contribution >= 4 is 21.6 Å². The molecule has 0 atom stereocenters. The van der Waals surface area contributed by atoms with Gasteiger partial charge in [-0.1, -0.05) is 13.8 Å². The zero-order chi connectivity index (χ0) is 20.9. The van der Waals surface area contributed by atoms with Gasteiger partial charge in [0.1, 0.15) is 17.3 Å². The van der Waals surface area contributed by atoms with Gasteiger partial charge in [0.2, 0.25) is 10.0 Å². The van der Waals surface area contributed by atoms with Crippen molar-refractivity contribution in [2.75, 3.05) is 32.6 Å². The fraction of sp³-hybridized carbons (Fsp3) is 0.316. The first-order chi connectivity index (χ1) is 13.3. The molecule has 7 nitrogen and oxygen atoms in total. The van der Waals surface area contributed by atoms with E-state index in [1.54, 1.807) is 32.0 Å². The number of methoxy groups -OCH3 is 2. The fourth-order valence-electron chi connectivity index (χ4n) is 2.64. The molecule has 0 heterocycles. The topological polar surface area (TPSA) is 84.9 Å². The van der Waals surface area contributed by atoms with Gasteiger partial charge in [-0.2, -0.15) is 4.31 Å².